The summed E-state index contributed by atoms with van der Waals surface area (Å²) in [4.78, 5) is 18.8. The molecule has 1 aliphatic rings. The van der Waals surface area contributed by atoms with Crippen LogP contribution in [0.25, 0.3) is 11.3 Å². The fraction of sp³-hybridized carbons (Fsp3) is 0.545. The van der Waals surface area contributed by atoms with Crippen LogP contribution in [0.1, 0.15) is 44.9 Å². The lowest BCUT2D eigenvalue weighted by Crippen LogP contribution is -2.34. The Kier molecular flexibility index (Phi) is 7.92. The highest BCUT2D eigenvalue weighted by atomic mass is 35.5. The molecule has 6 heteroatoms. The number of hydrogen-bond acceptors (Lipinski definition) is 4. The highest BCUT2D eigenvalue weighted by Gasteiger charge is 2.14. The van der Waals surface area contributed by atoms with Crippen molar-refractivity contribution in [3.05, 3.63) is 41.4 Å². The second-order valence-electron chi connectivity index (χ2n) is 7.71. The second kappa shape index (κ2) is 10.6. The van der Waals surface area contributed by atoms with Gasteiger partial charge in [0.05, 0.1) is 6.20 Å². The summed E-state index contributed by atoms with van der Waals surface area (Å²) >= 11 is 5.90. The third-order valence-corrected chi connectivity index (χ3v) is 5.60. The van der Waals surface area contributed by atoms with Gasteiger partial charge in [-0.1, -0.05) is 18.5 Å². The van der Waals surface area contributed by atoms with Crippen molar-refractivity contribution in [2.45, 2.75) is 45.4 Å². The van der Waals surface area contributed by atoms with Crippen LogP contribution in [0.2, 0.25) is 5.02 Å². The van der Waals surface area contributed by atoms with Crippen molar-refractivity contribution >= 4 is 17.5 Å². The number of oxazole rings is 1. The van der Waals surface area contributed by atoms with Crippen LogP contribution < -0.4 is 5.32 Å². The third kappa shape index (κ3) is 6.64. The molecule has 0 aliphatic carbocycles. The van der Waals surface area contributed by atoms with Crippen molar-refractivity contribution in [1.82, 2.24) is 15.2 Å². The largest absolute Gasteiger partial charge is 0.441 e. The minimum absolute atomic E-state index is 0.0537. The van der Waals surface area contributed by atoms with Crippen molar-refractivity contribution in [2.75, 3.05) is 26.2 Å². The predicted molar refractivity (Wildman–Crippen MR) is 112 cm³/mol. The molecule has 1 fully saturated rings. The average Bonchev–Trinajstić information content (AvgIpc) is 3.17. The Labute approximate surface area is 172 Å². The van der Waals surface area contributed by atoms with Gasteiger partial charge in [-0.15, -0.1) is 0 Å². The minimum atomic E-state index is 0.0537. The number of aryl methyl sites for hydroxylation is 1. The molecule has 1 amide bonds. The van der Waals surface area contributed by atoms with E-state index in [1.165, 1.54) is 25.9 Å². The number of hydrogen-bond donors (Lipinski definition) is 1. The number of nitrogens with one attached hydrogen (secondary N) is 1. The van der Waals surface area contributed by atoms with Crippen LogP contribution in [0.5, 0.6) is 0 Å². The fourth-order valence-electron chi connectivity index (χ4n) is 3.46. The molecule has 2 aromatic rings. The van der Waals surface area contributed by atoms with Crippen molar-refractivity contribution < 1.29 is 9.21 Å². The van der Waals surface area contributed by atoms with E-state index in [2.05, 4.69) is 22.1 Å². The standard InChI is InChI=1S/C22H30ClN3O2/c1-17-10-14-26(15-11-17)13-3-2-12-24-21(27)8-9-22-25-16-20(28-22)18-4-6-19(23)7-5-18/h4-7,16-17H,2-3,8-15H2,1H3,(H,24,27). The van der Waals surface area contributed by atoms with Crippen molar-refractivity contribution in [1.29, 1.82) is 0 Å². The highest BCUT2D eigenvalue weighted by Crippen LogP contribution is 2.22. The summed E-state index contributed by atoms with van der Waals surface area (Å²) in [7, 11) is 0. The smallest absolute Gasteiger partial charge is 0.220 e. The Morgan fingerprint density at radius 1 is 1.25 bits per heavy atom. The number of likely N-dealkylation sites (tertiary alicyclic amines) is 1. The molecule has 1 aliphatic heterocycles. The normalized spacial score (nSPS) is 15.6. The molecule has 3 rings (SSSR count). The maximum atomic E-state index is 12.0. The molecule has 5 nitrogen and oxygen atoms in total. The summed E-state index contributed by atoms with van der Waals surface area (Å²) in [5, 5.41) is 3.69. The summed E-state index contributed by atoms with van der Waals surface area (Å²) in [5.74, 6) is 2.21. The zero-order chi connectivity index (χ0) is 19.8. The average molecular weight is 404 g/mol. The van der Waals surface area contributed by atoms with Gasteiger partial charge in [0.15, 0.2) is 11.7 Å². The van der Waals surface area contributed by atoms with E-state index in [4.69, 9.17) is 16.0 Å². The Bertz CT molecular complexity index is 736. The first kappa shape index (κ1) is 20.9. The predicted octanol–water partition coefficient (Wildman–Crippen LogP) is 4.56. The molecule has 28 heavy (non-hydrogen) atoms. The van der Waals surface area contributed by atoms with E-state index in [0.29, 0.717) is 29.5 Å². The molecule has 1 N–H and O–H groups in total. The maximum Gasteiger partial charge on any atom is 0.220 e. The van der Waals surface area contributed by atoms with E-state index in [1.807, 2.05) is 24.3 Å². The molecule has 2 heterocycles. The number of aromatic nitrogens is 1. The van der Waals surface area contributed by atoms with Gasteiger partial charge in [0.25, 0.3) is 0 Å². The molecule has 152 valence electrons. The van der Waals surface area contributed by atoms with Gasteiger partial charge in [0, 0.05) is 30.0 Å². The van der Waals surface area contributed by atoms with E-state index in [1.54, 1.807) is 6.20 Å². The first-order valence-electron chi connectivity index (χ1n) is 10.3. The van der Waals surface area contributed by atoms with E-state index < -0.39 is 0 Å². The van der Waals surface area contributed by atoms with Gasteiger partial charge < -0.3 is 14.6 Å². The lowest BCUT2D eigenvalue weighted by atomic mass is 9.99. The van der Waals surface area contributed by atoms with Crippen LogP contribution in [-0.4, -0.2) is 42.0 Å². The van der Waals surface area contributed by atoms with Crippen LogP contribution in [0, 0.1) is 5.92 Å². The number of amides is 1. The summed E-state index contributed by atoms with van der Waals surface area (Å²) < 4.78 is 5.74. The van der Waals surface area contributed by atoms with Gasteiger partial charge in [-0.2, -0.15) is 0 Å². The molecule has 0 bridgehead atoms. The number of unbranched alkanes of at least 4 members (excludes halogenated alkanes) is 1. The lowest BCUT2D eigenvalue weighted by Gasteiger charge is -2.30. The van der Waals surface area contributed by atoms with Gasteiger partial charge in [0.2, 0.25) is 5.91 Å². The number of piperidine rings is 1. The van der Waals surface area contributed by atoms with Crippen LogP contribution in [0.15, 0.2) is 34.9 Å². The van der Waals surface area contributed by atoms with Gasteiger partial charge in [-0.05, 0) is 75.5 Å². The molecule has 1 aromatic carbocycles. The SMILES string of the molecule is CC1CCN(CCCCNC(=O)CCc2ncc(-c3ccc(Cl)cc3)o2)CC1. The van der Waals surface area contributed by atoms with E-state index in [-0.39, 0.29) is 5.91 Å². The zero-order valence-electron chi connectivity index (χ0n) is 16.6. The van der Waals surface area contributed by atoms with E-state index >= 15 is 0 Å². The first-order chi connectivity index (χ1) is 13.6. The number of rotatable bonds is 9. The molecule has 0 unspecified atom stereocenters. The van der Waals surface area contributed by atoms with E-state index in [9.17, 15) is 4.79 Å². The van der Waals surface area contributed by atoms with Gasteiger partial charge in [-0.3, -0.25) is 4.79 Å². The van der Waals surface area contributed by atoms with Crippen molar-refractivity contribution in [3.63, 3.8) is 0 Å². The van der Waals surface area contributed by atoms with Gasteiger partial charge >= 0.3 is 0 Å². The first-order valence-corrected chi connectivity index (χ1v) is 10.7. The summed E-state index contributed by atoms with van der Waals surface area (Å²) in [6.07, 6.45) is 7.39. The zero-order valence-corrected chi connectivity index (χ0v) is 17.4. The topological polar surface area (TPSA) is 58.4 Å². The number of halogens is 1. The quantitative estimate of drug-likeness (QED) is 0.623. The minimum Gasteiger partial charge on any atom is -0.441 e. The van der Waals surface area contributed by atoms with Crippen LogP contribution in [0.4, 0.5) is 0 Å². The van der Waals surface area contributed by atoms with Crippen LogP contribution in [0.3, 0.4) is 0 Å². The summed E-state index contributed by atoms with van der Waals surface area (Å²) in [5.41, 5.74) is 0.927. The fourth-order valence-corrected chi connectivity index (χ4v) is 3.58. The molecule has 1 aromatic heterocycles. The number of benzene rings is 1. The van der Waals surface area contributed by atoms with Crippen LogP contribution in [-0.2, 0) is 11.2 Å². The molecular weight excluding hydrogens is 374 g/mol. The molecule has 0 atom stereocenters. The summed E-state index contributed by atoms with van der Waals surface area (Å²) in [6, 6.07) is 7.42. The van der Waals surface area contributed by atoms with Gasteiger partial charge in [-0.25, -0.2) is 4.98 Å². The Hall–Kier alpha value is -1.85. The number of carbonyl (C=O) groups excluding carboxylic acids is 1. The van der Waals surface area contributed by atoms with Gasteiger partial charge in [0.1, 0.15) is 0 Å². The number of nitrogens with zero attached hydrogens (tertiary/aromatic N) is 2. The molecular formula is C22H30ClN3O2. The number of carbonyl (C=O) groups is 1. The summed E-state index contributed by atoms with van der Waals surface area (Å²) in [6.45, 7) is 6.67. The van der Waals surface area contributed by atoms with E-state index in [0.717, 1.165) is 37.4 Å². The molecule has 1 saturated heterocycles. The molecule has 0 saturated carbocycles. The Morgan fingerprint density at radius 2 is 2.00 bits per heavy atom. The highest BCUT2D eigenvalue weighted by molar-refractivity contribution is 6.30. The lowest BCUT2D eigenvalue weighted by molar-refractivity contribution is -0.121. The molecule has 0 spiro atoms. The van der Waals surface area contributed by atoms with Crippen LogP contribution >= 0.6 is 11.6 Å². The molecule has 0 radical (unpaired) electrons. The van der Waals surface area contributed by atoms with Crippen molar-refractivity contribution in [3.8, 4) is 11.3 Å². The monoisotopic (exact) mass is 403 g/mol. The van der Waals surface area contributed by atoms with Crippen molar-refractivity contribution in [2.24, 2.45) is 5.92 Å². The Balaban J connectivity index is 1.29. The Morgan fingerprint density at radius 3 is 2.75 bits per heavy atom. The second-order valence-corrected chi connectivity index (χ2v) is 8.14. The third-order valence-electron chi connectivity index (χ3n) is 5.35. The maximum absolute atomic E-state index is 12.0.